The molecule has 0 unspecified atom stereocenters. The molecule has 1 aromatic carbocycles. The predicted molar refractivity (Wildman–Crippen MR) is 100 cm³/mol. The van der Waals surface area contributed by atoms with Gasteiger partial charge in [-0.3, -0.25) is 4.79 Å². The van der Waals surface area contributed by atoms with Gasteiger partial charge < -0.3 is 9.26 Å². The molecule has 0 aliphatic heterocycles. The average molecular weight is 391 g/mol. The van der Waals surface area contributed by atoms with E-state index < -0.39 is 20.6 Å². The number of hydrogen-bond donors (Lipinski definition) is 0. The van der Waals surface area contributed by atoms with Gasteiger partial charge in [-0.25, -0.2) is 8.42 Å². The van der Waals surface area contributed by atoms with E-state index in [9.17, 15) is 13.2 Å². The summed E-state index contributed by atoms with van der Waals surface area (Å²) in [5.41, 5.74) is 3.21. The van der Waals surface area contributed by atoms with Crippen molar-refractivity contribution >= 4 is 15.8 Å². The molecule has 6 nitrogen and oxygen atoms in total. The lowest BCUT2D eigenvalue weighted by Crippen LogP contribution is -2.45. The number of hydrogen-bond acceptors (Lipinski definition) is 6. The van der Waals surface area contributed by atoms with Gasteiger partial charge in [0.05, 0.1) is 16.2 Å². The zero-order chi connectivity index (χ0) is 19.8. The van der Waals surface area contributed by atoms with Gasteiger partial charge >= 0.3 is 5.97 Å². The summed E-state index contributed by atoms with van der Waals surface area (Å²) in [6.45, 7) is 7.25. The molecule has 0 bridgehead atoms. The molecular weight excluding hydrogens is 366 g/mol. The van der Waals surface area contributed by atoms with Crippen LogP contribution in [0.15, 0.2) is 27.6 Å². The highest BCUT2D eigenvalue weighted by molar-refractivity contribution is 7.93. The third-order valence-electron chi connectivity index (χ3n) is 5.62. The third kappa shape index (κ3) is 3.29. The maximum Gasteiger partial charge on any atom is 0.328 e. The van der Waals surface area contributed by atoms with Crippen molar-refractivity contribution < 1.29 is 22.5 Å². The van der Waals surface area contributed by atoms with Crippen LogP contribution in [0.4, 0.5) is 0 Å². The Hall–Kier alpha value is -2.15. The predicted octanol–water partition coefficient (Wildman–Crippen LogP) is 3.74. The summed E-state index contributed by atoms with van der Waals surface area (Å²) in [5, 5.41) is 3.84. The molecule has 0 atom stereocenters. The minimum absolute atomic E-state index is 0.0375. The zero-order valence-corrected chi connectivity index (χ0v) is 17.0. The third-order valence-corrected chi connectivity index (χ3v) is 8.09. The second kappa shape index (κ2) is 7.11. The Kier molecular flexibility index (Phi) is 5.16. The summed E-state index contributed by atoms with van der Waals surface area (Å²) in [6.07, 6.45) is 1.93. The van der Waals surface area contributed by atoms with E-state index in [0.29, 0.717) is 29.9 Å². The topological polar surface area (TPSA) is 86.5 Å². The summed E-state index contributed by atoms with van der Waals surface area (Å²) in [5.74, 6) is -0.115. The minimum atomic E-state index is -3.86. The highest BCUT2D eigenvalue weighted by Crippen LogP contribution is 2.42. The first-order valence-electron chi connectivity index (χ1n) is 9.10. The number of ether oxygens (including phenoxy) is 1. The molecular formula is C20H25NO5S. The zero-order valence-electron chi connectivity index (χ0n) is 16.2. The molecule has 0 N–H and O–H groups in total. The number of carbonyl (C=O) groups excluding carboxylic acids is 1. The Morgan fingerprint density at radius 3 is 2.37 bits per heavy atom. The molecule has 0 radical (unpaired) electrons. The van der Waals surface area contributed by atoms with Crippen LogP contribution >= 0.6 is 0 Å². The number of nitrogens with zero attached hydrogens (tertiary/aromatic N) is 1. The standard InChI is InChI=1S/C20H25NO5S/c1-13-7-8-17(11-14(13)2)27(23,24)20(9-5-6-10-20)19(22)25-12-18-15(3)21-26-16(18)4/h7-8,11H,5-6,9-10,12H2,1-4H3. The molecule has 1 heterocycles. The van der Waals surface area contributed by atoms with E-state index in [1.165, 1.54) is 0 Å². The van der Waals surface area contributed by atoms with Crippen molar-refractivity contribution in [3.05, 3.63) is 46.3 Å². The quantitative estimate of drug-likeness (QED) is 0.722. The molecule has 0 spiro atoms. The summed E-state index contributed by atoms with van der Waals surface area (Å²) < 4.78 is 35.9. The van der Waals surface area contributed by atoms with Gasteiger partial charge in [0.15, 0.2) is 14.6 Å². The molecule has 2 aromatic rings. The van der Waals surface area contributed by atoms with Gasteiger partial charge in [0.1, 0.15) is 12.4 Å². The van der Waals surface area contributed by atoms with Crippen LogP contribution in [-0.2, 0) is 26.0 Å². The van der Waals surface area contributed by atoms with Gasteiger partial charge in [-0.15, -0.1) is 0 Å². The van der Waals surface area contributed by atoms with Gasteiger partial charge in [0.25, 0.3) is 0 Å². The second-order valence-corrected chi connectivity index (χ2v) is 9.59. The number of sulfone groups is 1. The molecule has 1 aromatic heterocycles. The summed E-state index contributed by atoms with van der Waals surface area (Å²) >= 11 is 0. The van der Waals surface area contributed by atoms with Crippen LogP contribution in [0.2, 0.25) is 0 Å². The fourth-order valence-corrected chi connectivity index (χ4v) is 5.75. The van der Waals surface area contributed by atoms with Crippen LogP contribution in [0.1, 0.15) is 53.8 Å². The molecule has 27 heavy (non-hydrogen) atoms. The number of aromatic nitrogens is 1. The second-order valence-electron chi connectivity index (χ2n) is 7.33. The number of aryl methyl sites for hydroxylation is 4. The van der Waals surface area contributed by atoms with E-state index in [1.54, 1.807) is 32.0 Å². The molecule has 1 fully saturated rings. The first kappa shape index (κ1) is 19.6. The Balaban J connectivity index is 1.92. The first-order valence-corrected chi connectivity index (χ1v) is 10.6. The van der Waals surface area contributed by atoms with E-state index in [1.807, 2.05) is 13.8 Å². The Labute approximate surface area is 159 Å². The number of benzene rings is 1. The van der Waals surface area contributed by atoms with E-state index in [-0.39, 0.29) is 24.3 Å². The van der Waals surface area contributed by atoms with Crippen molar-refractivity contribution in [2.24, 2.45) is 0 Å². The van der Waals surface area contributed by atoms with Crippen molar-refractivity contribution in [3.63, 3.8) is 0 Å². The van der Waals surface area contributed by atoms with Crippen molar-refractivity contribution in [2.45, 2.75) is 69.6 Å². The summed E-state index contributed by atoms with van der Waals surface area (Å²) in [4.78, 5) is 13.2. The number of esters is 1. The fraction of sp³-hybridized carbons (Fsp3) is 0.500. The van der Waals surface area contributed by atoms with Crippen LogP contribution in [0, 0.1) is 27.7 Å². The summed E-state index contributed by atoms with van der Waals surface area (Å²) in [7, 11) is -3.86. The highest BCUT2D eigenvalue weighted by atomic mass is 32.2. The average Bonchev–Trinajstić information content (AvgIpc) is 3.24. The molecule has 1 aliphatic rings. The minimum Gasteiger partial charge on any atom is -0.459 e. The molecule has 1 aliphatic carbocycles. The van der Waals surface area contributed by atoms with Crippen LogP contribution < -0.4 is 0 Å². The monoisotopic (exact) mass is 391 g/mol. The maximum absolute atomic E-state index is 13.4. The smallest absolute Gasteiger partial charge is 0.328 e. The normalized spacial score (nSPS) is 16.4. The molecule has 1 saturated carbocycles. The Bertz CT molecular complexity index is 949. The Morgan fingerprint density at radius 1 is 1.15 bits per heavy atom. The van der Waals surface area contributed by atoms with E-state index in [0.717, 1.165) is 11.1 Å². The Morgan fingerprint density at radius 2 is 1.81 bits per heavy atom. The number of carbonyl (C=O) groups is 1. The van der Waals surface area contributed by atoms with Gasteiger partial charge in [-0.1, -0.05) is 24.1 Å². The number of rotatable bonds is 5. The SMILES string of the molecule is Cc1ccc(S(=O)(=O)C2(C(=O)OCc3c(C)noc3C)CCCC2)cc1C. The van der Waals surface area contributed by atoms with Crippen LogP contribution in [0.25, 0.3) is 0 Å². The van der Waals surface area contributed by atoms with Crippen LogP contribution in [0.5, 0.6) is 0 Å². The maximum atomic E-state index is 13.4. The molecule has 146 valence electrons. The molecule has 3 rings (SSSR count). The highest BCUT2D eigenvalue weighted by Gasteiger charge is 2.54. The van der Waals surface area contributed by atoms with Gasteiger partial charge in [0, 0.05) is 0 Å². The van der Waals surface area contributed by atoms with Crippen molar-refractivity contribution in [1.29, 1.82) is 0 Å². The fourth-order valence-electron chi connectivity index (χ4n) is 3.61. The first-order chi connectivity index (χ1) is 12.7. The van der Waals surface area contributed by atoms with Gasteiger partial charge in [0.2, 0.25) is 0 Å². The van der Waals surface area contributed by atoms with E-state index in [2.05, 4.69) is 5.16 Å². The largest absolute Gasteiger partial charge is 0.459 e. The van der Waals surface area contributed by atoms with E-state index >= 15 is 0 Å². The lowest BCUT2D eigenvalue weighted by molar-refractivity contribution is -0.148. The molecule has 0 saturated heterocycles. The lowest BCUT2D eigenvalue weighted by Gasteiger charge is -2.27. The van der Waals surface area contributed by atoms with Crippen LogP contribution in [-0.4, -0.2) is 24.3 Å². The van der Waals surface area contributed by atoms with Crippen molar-refractivity contribution in [1.82, 2.24) is 5.16 Å². The van der Waals surface area contributed by atoms with Gasteiger partial charge in [-0.2, -0.15) is 0 Å². The van der Waals surface area contributed by atoms with Gasteiger partial charge in [-0.05, 0) is 63.8 Å². The van der Waals surface area contributed by atoms with E-state index in [4.69, 9.17) is 9.26 Å². The molecule has 0 amide bonds. The molecule has 7 heteroatoms. The van der Waals surface area contributed by atoms with Crippen molar-refractivity contribution in [3.8, 4) is 0 Å². The summed E-state index contributed by atoms with van der Waals surface area (Å²) in [6, 6.07) is 5.01. The van der Waals surface area contributed by atoms with Crippen LogP contribution in [0.3, 0.4) is 0 Å². The van der Waals surface area contributed by atoms with Crippen molar-refractivity contribution in [2.75, 3.05) is 0 Å². The lowest BCUT2D eigenvalue weighted by atomic mass is 10.1.